The summed E-state index contributed by atoms with van der Waals surface area (Å²) in [6.45, 7) is 5.40. The Bertz CT molecular complexity index is 153. The van der Waals surface area contributed by atoms with Crippen molar-refractivity contribution in [3.63, 3.8) is 0 Å². The standard InChI is InChI=1S/C11H25O3Si2/c1-3-12-16(13-4-2)14-15-11-9-7-5-6-8-10-11/h11H,3-10,15H2,1-2H3. The van der Waals surface area contributed by atoms with E-state index >= 15 is 0 Å². The summed E-state index contributed by atoms with van der Waals surface area (Å²) in [6, 6.07) is 0. The number of hydrogen-bond donors (Lipinski definition) is 0. The molecule has 0 amide bonds. The van der Waals surface area contributed by atoms with Crippen molar-refractivity contribution in [1.29, 1.82) is 0 Å². The summed E-state index contributed by atoms with van der Waals surface area (Å²) in [7, 11) is -1.84. The SMILES string of the molecule is CCO[Si](OCC)O[SiH2]C1CCCCCC1. The Kier molecular flexibility index (Phi) is 8.40. The van der Waals surface area contributed by atoms with E-state index in [1.165, 1.54) is 38.5 Å². The molecule has 0 saturated heterocycles. The van der Waals surface area contributed by atoms with Crippen molar-refractivity contribution < 1.29 is 13.0 Å². The first kappa shape index (κ1) is 14.4. The maximum absolute atomic E-state index is 5.91. The lowest BCUT2D eigenvalue weighted by Gasteiger charge is -2.17. The molecule has 0 atom stereocenters. The Morgan fingerprint density at radius 3 is 2.06 bits per heavy atom. The van der Waals surface area contributed by atoms with E-state index < -0.39 is 19.3 Å². The first-order valence-electron chi connectivity index (χ1n) is 6.62. The Morgan fingerprint density at radius 1 is 1.00 bits per heavy atom. The maximum atomic E-state index is 5.91. The first-order valence-corrected chi connectivity index (χ1v) is 9.24. The number of hydrogen-bond acceptors (Lipinski definition) is 3. The van der Waals surface area contributed by atoms with Crippen LogP contribution in [-0.4, -0.2) is 32.5 Å². The molecule has 0 unspecified atom stereocenters. The number of rotatable bonds is 7. The fraction of sp³-hybridized carbons (Fsp3) is 1.00. The van der Waals surface area contributed by atoms with Gasteiger partial charge in [0.05, 0.1) is 0 Å². The van der Waals surface area contributed by atoms with Crippen LogP contribution in [0.25, 0.3) is 0 Å². The fourth-order valence-electron chi connectivity index (χ4n) is 2.08. The van der Waals surface area contributed by atoms with Crippen molar-refractivity contribution >= 4 is 19.3 Å². The largest absolute Gasteiger partial charge is 0.566 e. The van der Waals surface area contributed by atoms with Crippen LogP contribution in [0, 0.1) is 0 Å². The lowest BCUT2D eigenvalue weighted by atomic mass is 10.2. The van der Waals surface area contributed by atoms with Crippen LogP contribution in [0.5, 0.6) is 0 Å². The first-order chi connectivity index (χ1) is 7.86. The van der Waals surface area contributed by atoms with Gasteiger partial charge in [0, 0.05) is 13.2 Å². The second kappa shape index (κ2) is 9.35. The van der Waals surface area contributed by atoms with Gasteiger partial charge in [0.25, 0.3) is 0 Å². The Labute approximate surface area is 104 Å². The highest BCUT2D eigenvalue weighted by atomic mass is 28.4. The van der Waals surface area contributed by atoms with Crippen molar-refractivity contribution in [3.8, 4) is 0 Å². The summed E-state index contributed by atoms with van der Waals surface area (Å²) in [4.78, 5) is 0. The molecule has 95 valence electrons. The van der Waals surface area contributed by atoms with Crippen molar-refractivity contribution in [2.24, 2.45) is 0 Å². The molecule has 0 bridgehead atoms. The van der Waals surface area contributed by atoms with Crippen LogP contribution < -0.4 is 0 Å². The van der Waals surface area contributed by atoms with Gasteiger partial charge in [0.1, 0.15) is 0 Å². The predicted molar refractivity (Wildman–Crippen MR) is 70.1 cm³/mol. The molecule has 3 nitrogen and oxygen atoms in total. The van der Waals surface area contributed by atoms with Gasteiger partial charge in [-0.25, -0.2) is 0 Å². The second-order valence-corrected chi connectivity index (χ2v) is 8.00. The average Bonchev–Trinajstić information content (AvgIpc) is 2.55. The molecule has 0 N–H and O–H groups in total. The molecule has 1 aliphatic rings. The third-order valence-corrected chi connectivity index (χ3v) is 6.88. The Balaban J connectivity index is 2.18. The van der Waals surface area contributed by atoms with Crippen molar-refractivity contribution in [3.05, 3.63) is 0 Å². The Morgan fingerprint density at radius 2 is 1.56 bits per heavy atom. The van der Waals surface area contributed by atoms with Crippen molar-refractivity contribution in [1.82, 2.24) is 0 Å². The molecule has 1 rings (SSSR count). The van der Waals surface area contributed by atoms with Crippen LogP contribution >= 0.6 is 0 Å². The lowest BCUT2D eigenvalue weighted by molar-refractivity contribution is 0.154. The molecule has 16 heavy (non-hydrogen) atoms. The zero-order valence-electron chi connectivity index (χ0n) is 10.7. The third kappa shape index (κ3) is 6.15. The molecule has 1 fully saturated rings. The normalized spacial score (nSPS) is 19.7. The van der Waals surface area contributed by atoms with E-state index in [0.29, 0.717) is 13.2 Å². The molecule has 0 aromatic carbocycles. The topological polar surface area (TPSA) is 27.7 Å². The van der Waals surface area contributed by atoms with E-state index in [-0.39, 0.29) is 0 Å². The molecular weight excluding hydrogens is 236 g/mol. The third-order valence-electron chi connectivity index (χ3n) is 2.94. The zero-order valence-corrected chi connectivity index (χ0v) is 13.1. The van der Waals surface area contributed by atoms with Gasteiger partial charge >= 0.3 is 9.53 Å². The van der Waals surface area contributed by atoms with Crippen LogP contribution in [0.4, 0.5) is 0 Å². The summed E-state index contributed by atoms with van der Waals surface area (Å²) >= 11 is 0. The highest BCUT2D eigenvalue weighted by Crippen LogP contribution is 2.26. The molecular formula is C11H25O3Si2. The van der Waals surface area contributed by atoms with Gasteiger partial charge in [0.15, 0.2) is 9.76 Å². The maximum Gasteiger partial charge on any atom is 0.566 e. The minimum absolute atomic E-state index is 0.449. The highest BCUT2D eigenvalue weighted by Gasteiger charge is 2.21. The highest BCUT2D eigenvalue weighted by molar-refractivity contribution is 6.48. The van der Waals surface area contributed by atoms with Gasteiger partial charge < -0.3 is 13.0 Å². The smallest absolute Gasteiger partial charge is 0.419 e. The molecule has 0 aromatic rings. The van der Waals surface area contributed by atoms with Gasteiger partial charge in [-0.2, -0.15) is 0 Å². The molecule has 0 aromatic heterocycles. The summed E-state index contributed by atoms with van der Waals surface area (Å²) in [6.07, 6.45) is 8.37. The second-order valence-electron chi connectivity index (χ2n) is 4.28. The lowest BCUT2D eigenvalue weighted by Crippen LogP contribution is -2.30. The summed E-state index contributed by atoms with van der Waals surface area (Å²) < 4.78 is 16.9. The van der Waals surface area contributed by atoms with Crippen LogP contribution in [-0.2, 0) is 13.0 Å². The minimum atomic E-state index is -1.40. The molecule has 5 heteroatoms. The van der Waals surface area contributed by atoms with Gasteiger partial charge in [-0.05, 0) is 19.4 Å². The van der Waals surface area contributed by atoms with E-state index in [0.717, 1.165) is 5.54 Å². The summed E-state index contributed by atoms with van der Waals surface area (Å²) in [5.74, 6) is 0. The van der Waals surface area contributed by atoms with E-state index in [9.17, 15) is 0 Å². The zero-order chi connectivity index (χ0) is 11.6. The Hall–Kier alpha value is 0.314. The average molecular weight is 261 g/mol. The van der Waals surface area contributed by atoms with E-state index in [1.807, 2.05) is 13.8 Å². The predicted octanol–water partition coefficient (Wildman–Crippen LogP) is 2.29. The molecule has 1 radical (unpaired) electrons. The van der Waals surface area contributed by atoms with E-state index in [1.54, 1.807) is 0 Å². The van der Waals surface area contributed by atoms with Gasteiger partial charge in [-0.1, -0.05) is 38.5 Å². The van der Waals surface area contributed by atoms with E-state index in [2.05, 4.69) is 0 Å². The van der Waals surface area contributed by atoms with Crippen LogP contribution in [0.3, 0.4) is 0 Å². The minimum Gasteiger partial charge on any atom is -0.419 e. The molecule has 0 aliphatic heterocycles. The van der Waals surface area contributed by atoms with Gasteiger partial charge in [-0.3, -0.25) is 0 Å². The molecule has 0 heterocycles. The molecule has 1 aliphatic carbocycles. The van der Waals surface area contributed by atoms with Crippen molar-refractivity contribution in [2.75, 3.05) is 13.2 Å². The van der Waals surface area contributed by atoms with E-state index in [4.69, 9.17) is 13.0 Å². The van der Waals surface area contributed by atoms with Crippen LogP contribution in [0.2, 0.25) is 5.54 Å². The molecule has 1 saturated carbocycles. The van der Waals surface area contributed by atoms with Crippen LogP contribution in [0.15, 0.2) is 0 Å². The summed E-state index contributed by atoms with van der Waals surface area (Å²) in [5, 5.41) is 0. The van der Waals surface area contributed by atoms with Crippen LogP contribution in [0.1, 0.15) is 52.4 Å². The fourth-order valence-corrected chi connectivity index (χ4v) is 5.70. The van der Waals surface area contributed by atoms with Crippen molar-refractivity contribution in [2.45, 2.75) is 57.9 Å². The molecule has 0 spiro atoms. The summed E-state index contributed by atoms with van der Waals surface area (Å²) in [5.41, 5.74) is 0.864. The quantitative estimate of drug-likeness (QED) is 0.520. The monoisotopic (exact) mass is 261 g/mol. The van der Waals surface area contributed by atoms with Gasteiger partial charge in [0.2, 0.25) is 0 Å². The van der Waals surface area contributed by atoms with Gasteiger partial charge in [-0.15, -0.1) is 0 Å².